The van der Waals surface area contributed by atoms with Crippen LogP contribution < -0.4 is 5.56 Å². The fourth-order valence-electron chi connectivity index (χ4n) is 5.83. The van der Waals surface area contributed by atoms with Crippen LogP contribution in [0.1, 0.15) is 81.8 Å². The molecule has 4 heterocycles. The number of carbonyl (C=O) groups is 1. The maximum Gasteiger partial charge on any atom is 0.276 e. The molecule has 1 saturated heterocycles. The van der Waals surface area contributed by atoms with E-state index in [4.69, 9.17) is 4.98 Å². The van der Waals surface area contributed by atoms with Gasteiger partial charge in [0, 0.05) is 30.6 Å². The highest BCUT2D eigenvalue weighted by Gasteiger charge is 2.31. The molecule has 31 heavy (non-hydrogen) atoms. The first-order valence-corrected chi connectivity index (χ1v) is 12.2. The van der Waals surface area contributed by atoms with Crippen molar-refractivity contribution in [3.05, 3.63) is 33.4 Å². The molecule has 0 unspecified atom stereocenters. The van der Waals surface area contributed by atoms with Gasteiger partial charge in [-0.1, -0.05) is 33.1 Å². The minimum Gasteiger partial charge on any atom is -0.336 e. The Bertz CT molecular complexity index is 1020. The fraction of sp³-hybridized carbons (Fsp3) is 0.708. The van der Waals surface area contributed by atoms with Crippen molar-refractivity contribution in [3.63, 3.8) is 0 Å². The topological polar surface area (TPSA) is 73.7 Å². The molecule has 1 amide bonds. The zero-order valence-corrected chi connectivity index (χ0v) is 18.9. The van der Waals surface area contributed by atoms with Gasteiger partial charge < -0.3 is 4.90 Å². The van der Waals surface area contributed by atoms with E-state index in [1.165, 1.54) is 45.1 Å². The largest absolute Gasteiger partial charge is 0.336 e. The number of nitrogens with zero attached hydrogens (tertiary/aromatic N) is 4. The Balaban J connectivity index is 1.41. The van der Waals surface area contributed by atoms with Crippen LogP contribution in [0.25, 0.3) is 5.65 Å². The van der Waals surface area contributed by atoms with Crippen LogP contribution in [0.15, 0.2) is 10.9 Å². The third-order valence-corrected chi connectivity index (χ3v) is 7.53. The van der Waals surface area contributed by atoms with Gasteiger partial charge in [0.1, 0.15) is 0 Å². The van der Waals surface area contributed by atoms with E-state index in [9.17, 15) is 9.59 Å². The van der Waals surface area contributed by atoms with Crippen LogP contribution >= 0.6 is 0 Å². The predicted molar refractivity (Wildman–Crippen MR) is 120 cm³/mol. The molecule has 7 nitrogen and oxygen atoms in total. The van der Waals surface area contributed by atoms with E-state index >= 15 is 0 Å². The van der Waals surface area contributed by atoms with Crippen molar-refractivity contribution in [2.24, 2.45) is 11.8 Å². The Morgan fingerprint density at radius 2 is 1.97 bits per heavy atom. The normalized spacial score (nSPS) is 23.1. The standard InChI is InChI=1S/C24H35N5O2/c1-16(2)23(30)28-12-10-18-20(15-28)25-22-13-19(26-29(22)24(18)31)21-9-6-11-27(21)14-17-7-4-3-5-8-17/h13,16-17,21,26H,3-12,14-15H2,1-2H3/t21-/m0/s1. The smallest absolute Gasteiger partial charge is 0.276 e. The number of aromatic amines is 1. The van der Waals surface area contributed by atoms with Crippen LogP contribution in [0.5, 0.6) is 0 Å². The number of aromatic nitrogens is 3. The molecule has 1 N–H and O–H groups in total. The molecule has 2 aromatic heterocycles. The van der Waals surface area contributed by atoms with Gasteiger partial charge in [-0.2, -0.15) is 0 Å². The Labute approximate surface area is 183 Å². The number of H-pyrrole nitrogens is 1. The zero-order valence-electron chi connectivity index (χ0n) is 18.9. The highest BCUT2D eigenvalue weighted by Crippen LogP contribution is 2.34. The summed E-state index contributed by atoms with van der Waals surface area (Å²) >= 11 is 0. The predicted octanol–water partition coefficient (Wildman–Crippen LogP) is 3.28. The molecule has 0 bridgehead atoms. The quantitative estimate of drug-likeness (QED) is 0.816. The van der Waals surface area contributed by atoms with Crippen molar-refractivity contribution in [2.75, 3.05) is 19.6 Å². The highest BCUT2D eigenvalue weighted by molar-refractivity contribution is 5.78. The van der Waals surface area contributed by atoms with Gasteiger partial charge in [-0.25, -0.2) is 9.50 Å². The summed E-state index contributed by atoms with van der Waals surface area (Å²) in [4.78, 5) is 34.9. The van der Waals surface area contributed by atoms with Gasteiger partial charge in [0.05, 0.1) is 24.0 Å². The van der Waals surface area contributed by atoms with Gasteiger partial charge in [0.25, 0.3) is 5.56 Å². The van der Waals surface area contributed by atoms with Crippen LogP contribution in [0.2, 0.25) is 0 Å². The number of likely N-dealkylation sites (tertiary alicyclic amines) is 1. The summed E-state index contributed by atoms with van der Waals surface area (Å²) in [6.45, 7) is 7.19. The number of hydrogen-bond acceptors (Lipinski definition) is 4. The molecule has 0 spiro atoms. The van der Waals surface area contributed by atoms with Crippen LogP contribution in [-0.2, 0) is 17.8 Å². The summed E-state index contributed by atoms with van der Waals surface area (Å²) in [6, 6.07) is 2.41. The summed E-state index contributed by atoms with van der Waals surface area (Å²) in [7, 11) is 0. The Morgan fingerprint density at radius 1 is 1.16 bits per heavy atom. The molecule has 2 aliphatic heterocycles. The van der Waals surface area contributed by atoms with Gasteiger partial charge >= 0.3 is 0 Å². The second-order valence-electron chi connectivity index (χ2n) is 10.1. The van der Waals surface area contributed by atoms with Crippen molar-refractivity contribution in [3.8, 4) is 0 Å². The Morgan fingerprint density at radius 3 is 2.74 bits per heavy atom. The van der Waals surface area contributed by atoms with E-state index in [0.29, 0.717) is 31.2 Å². The third-order valence-electron chi connectivity index (χ3n) is 7.53. The second kappa shape index (κ2) is 8.41. The monoisotopic (exact) mass is 425 g/mol. The van der Waals surface area contributed by atoms with Gasteiger partial charge in [-0.05, 0) is 44.6 Å². The third kappa shape index (κ3) is 3.93. The average Bonchev–Trinajstić information content (AvgIpc) is 3.40. The maximum atomic E-state index is 13.2. The van der Waals surface area contributed by atoms with Crippen LogP contribution in [-0.4, -0.2) is 49.9 Å². The fourth-order valence-corrected chi connectivity index (χ4v) is 5.83. The van der Waals surface area contributed by atoms with Crippen LogP contribution in [0.3, 0.4) is 0 Å². The van der Waals surface area contributed by atoms with Crippen LogP contribution in [0.4, 0.5) is 0 Å². The SMILES string of the molecule is CC(C)C(=O)N1CCc2c(nc3cc([C@@H]4CCCN4CC4CCCCC4)[nH]n3c2=O)C1. The van der Waals surface area contributed by atoms with Crippen molar-refractivity contribution >= 4 is 11.6 Å². The summed E-state index contributed by atoms with van der Waals surface area (Å²) in [5.74, 6) is 0.908. The molecule has 1 atom stereocenters. The molecule has 2 aromatic rings. The lowest BCUT2D eigenvalue weighted by molar-refractivity contribution is -0.135. The lowest BCUT2D eigenvalue weighted by Crippen LogP contribution is -2.41. The zero-order chi connectivity index (χ0) is 21.5. The van der Waals surface area contributed by atoms with Crippen molar-refractivity contribution in [2.45, 2.75) is 77.8 Å². The van der Waals surface area contributed by atoms with Gasteiger partial charge in [0.2, 0.25) is 5.91 Å². The Kier molecular flexibility index (Phi) is 5.63. The first-order valence-electron chi connectivity index (χ1n) is 12.2. The van der Waals surface area contributed by atoms with Crippen molar-refractivity contribution < 1.29 is 4.79 Å². The summed E-state index contributed by atoms with van der Waals surface area (Å²) < 4.78 is 1.63. The average molecular weight is 426 g/mol. The molecule has 3 aliphatic rings. The number of rotatable bonds is 4. The first-order chi connectivity index (χ1) is 15.0. The molecule has 0 radical (unpaired) electrons. The van der Waals surface area contributed by atoms with Crippen molar-refractivity contribution in [1.29, 1.82) is 0 Å². The van der Waals surface area contributed by atoms with E-state index in [0.717, 1.165) is 35.8 Å². The summed E-state index contributed by atoms with van der Waals surface area (Å²) in [5, 5.41) is 3.39. The number of amides is 1. The molecular weight excluding hydrogens is 390 g/mol. The Hall–Kier alpha value is -2.15. The summed E-state index contributed by atoms with van der Waals surface area (Å²) in [6.07, 6.45) is 9.76. The van der Waals surface area contributed by atoms with E-state index in [1.807, 2.05) is 18.7 Å². The van der Waals surface area contributed by atoms with Crippen molar-refractivity contribution in [1.82, 2.24) is 24.4 Å². The van der Waals surface area contributed by atoms with E-state index in [-0.39, 0.29) is 17.4 Å². The number of hydrogen-bond donors (Lipinski definition) is 1. The van der Waals surface area contributed by atoms with Gasteiger partial charge in [0.15, 0.2) is 5.65 Å². The second-order valence-corrected chi connectivity index (χ2v) is 10.1. The molecule has 5 rings (SSSR count). The molecule has 0 aromatic carbocycles. The molecule has 2 fully saturated rings. The minimum atomic E-state index is -0.0391. The van der Waals surface area contributed by atoms with Gasteiger partial charge in [-0.15, -0.1) is 0 Å². The lowest BCUT2D eigenvalue weighted by Gasteiger charge is -2.30. The lowest BCUT2D eigenvalue weighted by atomic mass is 9.89. The first kappa shape index (κ1) is 20.7. The molecule has 7 heteroatoms. The maximum absolute atomic E-state index is 13.2. The molecular formula is C24H35N5O2. The van der Waals surface area contributed by atoms with E-state index < -0.39 is 0 Å². The molecule has 1 aliphatic carbocycles. The van der Waals surface area contributed by atoms with Gasteiger partial charge in [-0.3, -0.25) is 19.6 Å². The summed E-state index contributed by atoms with van der Waals surface area (Å²) in [5.41, 5.74) is 3.31. The minimum absolute atomic E-state index is 0.000256. The van der Waals surface area contributed by atoms with E-state index in [2.05, 4.69) is 16.1 Å². The highest BCUT2D eigenvalue weighted by atomic mass is 16.2. The number of nitrogens with one attached hydrogen (secondary N) is 1. The van der Waals surface area contributed by atoms with E-state index in [1.54, 1.807) is 4.52 Å². The number of fused-ring (bicyclic) bond motifs is 2. The molecule has 1 saturated carbocycles. The van der Waals surface area contributed by atoms with Crippen LogP contribution in [0, 0.1) is 11.8 Å². The number of carbonyl (C=O) groups excluding carboxylic acids is 1. The molecule has 168 valence electrons.